The lowest BCUT2D eigenvalue weighted by atomic mass is 9.32. The van der Waals surface area contributed by atoms with Crippen LogP contribution in [0.15, 0.2) is 45.3 Å². The lowest BCUT2D eigenvalue weighted by molar-refractivity contribution is 1.32. The van der Waals surface area contributed by atoms with Crippen molar-refractivity contribution in [2.75, 3.05) is 0 Å². The van der Waals surface area contributed by atoms with Crippen molar-refractivity contribution in [1.82, 2.24) is 0 Å². The molecule has 0 N–H and O–H groups in total. The molecular weight excluding hydrogens is 467 g/mol. The Morgan fingerprint density at radius 1 is 0.429 bits per heavy atom. The van der Waals surface area contributed by atoms with Crippen LogP contribution in [0, 0.1) is 41.5 Å². The van der Waals surface area contributed by atoms with Crippen LogP contribution in [0.5, 0.6) is 0 Å². The van der Waals surface area contributed by atoms with Crippen LogP contribution in [0.2, 0.25) is 58.9 Å². The lowest BCUT2D eigenvalue weighted by Gasteiger charge is -2.50. The van der Waals surface area contributed by atoms with E-state index in [1.807, 2.05) is 15.6 Å². The van der Waals surface area contributed by atoms with Gasteiger partial charge in [-0.25, -0.2) is 0 Å². The van der Waals surface area contributed by atoms with E-state index in [1.54, 1.807) is 16.4 Å². The molecule has 4 heteroatoms. The van der Waals surface area contributed by atoms with E-state index >= 15 is 0 Å². The Bertz CT molecular complexity index is 1140. The Morgan fingerprint density at radius 3 is 0.971 bits per heavy atom. The molecule has 1 aliphatic carbocycles. The van der Waals surface area contributed by atoms with Gasteiger partial charge in [0.25, 0.3) is 0 Å². The van der Waals surface area contributed by atoms with E-state index in [-0.39, 0.29) is 0 Å². The van der Waals surface area contributed by atoms with Crippen LogP contribution in [0.3, 0.4) is 0 Å². The van der Waals surface area contributed by atoms with Crippen LogP contribution in [0.4, 0.5) is 0 Å². The van der Waals surface area contributed by atoms with Crippen LogP contribution in [0.25, 0.3) is 0 Å². The molecule has 3 rings (SSSR count). The second kappa shape index (κ2) is 9.18. The zero-order valence-electron chi connectivity index (χ0n) is 25.4. The van der Waals surface area contributed by atoms with Gasteiger partial charge in [0.2, 0.25) is 6.71 Å². The molecular formula is C31H49BSi3. The van der Waals surface area contributed by atoms with Gasteiger partial charge in [0.15, 0.2) is 0 Å². The molecule has 0 spiro atoms. The normalized spacial score (nSPS) is 15.1. The molecule has 0 atom stereocenters. The summed E-state index contributed by atoms with van der Waals surface area (Å²) in [7, 11) is -4.63. The van der Waals surface area contributed by atoms with Gasteiger partial charge in [0.05, 0.1) is 24.2 Å². The molecule has 0 saturated heterocycles. The van der Waals surface area contributed by atoms with Crippen LogP contribution in [-0.4, -0.2) is 30.9 Å². The number of aryl methyl sites for hydroxylation is 6. The summed E-state index contributed by atoms with van der Waals surface area (Å²) < 4.78 is 0. The largest absolute Gasteiger partial charge is 0.242 e. The number of allylic oxidation sites excluding steroid dienone is 4. The van der Waals surface area contributed by atoms with E-state index < -0.39 is 24.2 Å². The summed E-state index contributed by atoms with van der Waals surface area (Å²) in [6, 6.07) is 9.66. The van der Waals surface area contributed by atoms with Gasteiger partial charge in [-0.1, -0.05) is 149 Å². The summed E-state index contributed by atoms with van der Waals surface area (Å²) in [5.74, 6) is 0. The fourth-order valence-electron chi connectivity index (χ4n) is 6.78. The highest BCUT2D eigenvalue weighted by Gasteiger charge is 2.50. The van der Waals surface area contributed by atoms with Crippen LogP contribution < -0.4 is 10.9 Å². The number of rotatable bonds is 6. The fraction of sp³-hybridized carbons (Fsp3) is 0.484. The van der Waals surface area contributed by atoms with E-state index in [0.717, 1.165) is 0 Å². The Kier molecular flexibility index (Phi) is 7.40. The molecule has 1 aliphatic rings. The van der Waals surface area contributed by atoms with Crippen molar-refractivity contribution in [1.29, 1.82) is 0 Å². The molecule has 2 aromatic carbocycles. The van der Waals surface area contributed by atoms with E-state index in [1.165, 1.54) is 33.4 Å². The van der Waals surface area contributed by atoms with Crippen LogP contribution in [-0.2, 0) is 0 Å². The molecule has 0 aliphatic heterocycles. The minimum absolute atomic E-state index is 0.333. The molecule has 0 saturated carbocycles. The summed E-state index contributed by atoms with van der Waals surface area (Å²) in [4.78, 5) is 0. The van der Waals surface area contributed by atoms with Gasteiger partial charge in [0.1, 0.15) is 0 Å². The van der Waals surface area contributed by atoms with Gasteiger partial charge < -0.3 is 0 Å². The highest BCUT2D eigenvalue weighted by Crippen LogP contribution is 2.50. The first-order valence-corrected chi connectivity index (χ1v) is 23.9. The van der Waals surface area contributed by atoms with Crippen LogP contribution in [0.1, 0.15) is 33.4 Å². The quantitative estimate of drug-likeness (QED) is 0.342. The SMILES string of the molecule is Cc1cc(C)c(B(C2=C([Si](C)(C)C)C([Si](C)(C)C)=C2[Si](C)(C)C)c2c(C)cc(C)cc2C)c(C)c1. The monoisotopic (exact) mass is 516 g/mol. The number of benzene rings is 2. The highest BCUT2D eigenvalue weighted by molar-refractivity contribution is 7.04. The summed E-state index contributed by atoms with van der Waals surface area (Å²) in [6.07, 6.45) is 0. The van der Waals surface area contributed by atoms with E-state index in [4.69, 9.17) is 0 Å². The van der Waals surface area contributed by atoms with Crippen molar-refractivity contribution in [2.45, 2.75) is 100 Å². The van der Waals surface area contributed by atoms with Gasteiger partial charge in [0, 0.05) is 0 Å². The van der Waals surface area contributed by atoms with E-state index in [2.05, 4.69) is 125 Å². The van der Waals surface area contributed by atoms with Gasteiger partial charge in [-0.15, -0.1) is 0 Å². The molecule has 0 heterocycles. The minimum Gasteiger partial charge on any atom is -0.0703 e. The van der Waals surface area contributed by atoms with Gasteiger partial charge in [-0.2, -0.15) is 0 Å². The van der Waals surface area contributed by atoms with Crippen molar-refractivity contribution < 1.29 is 0 Å². The van der Waals surface area contributed by atoms with Crippen molar-refractivity contribution in [3.63, 3.8) is 0 Å². The van der Waals surface area contributed by atoms with Gasteiger partial charge in [-0.3, -0.25) is 0 Å². The molecule has 0 radical (unpaired) electrons. The number of hydrogen-bond acceptors (Lipinski definition) is 0. The molecule has 35 heavy (non-hydrogen) atoms. The predicted octanol–water partition coefficient (Wildman–Crippen LogP) is 7.92. The average molecular weight is 517 g/mol. The van der Waals surface area contributed by atoms with Crippen molar-refractivity contribution in [2.24, 2.45) is 0 Å². The molecule has 0 aromatic heterocycles. The second-order valence-electron chi connectivity index (χ2n) is 14.3. The summed E-state index contributed by atoms with van der Waals surface area (Å²) >= 11 is 0. The lowest BCUT2D eigenvalue weighted by Crippen LogP contribution is -2.58. The predicted molar refractivity (Wildman–Crippen MR) is 170 cm³/mol. The Hall–Kier alpha value is -1.36. The third-order valence-corrected chi connectivity index (χ3v) is 14.2. The maximum atomic E-state index is 2.59. The minimum atomic E-state index is -1.57. The fourth-order valence-corrected chi connectivity index (χ4v) is 17.2. The first kappa shape index (κ1) is 28.2. The maximum Gasteiger partial charge on any atom is 0.242 e. The third kappa shape index (κ3) is 5.22. The molecule has 0 unspecified atom stereocenters. The summed E-state index contributed by atoms with van der Waals surface area (Å²) in [5.41, 5.74) is 13.4. The Morgan fingerprint density at radius 2 is 0.714 bits per heavy atom. The van der Waals surface area contributed by atoms with E-state index in [9.17, 15) is 0 Å². The Balaban J connectivity index is 2.56. The zero-order valence-corrected chi connectivity index (χ0v) is 28.4. The van der Waals surface area contributed by atoms with Crippen LogP contribution >= 0.6 is 0 Å². The van der Waals surface area contributed by atoms with Crippen molar-refractivity contribution in [3.05, 3.63) is 78.7 Å². The van der Waals surface area contributed by atoms with Crippen molar-refractivity contribution >= 4 is 41.9 Å². The summed E-state index contributed by atoms with van der Waals surface area (Å²) in [6.45, 7) is 37.5. The molecule has 0 nitrogen and oxygen atoms in total. The van der Waals surface area contributed by atoms with Crippen molar-refractivity contribution in [3.8, 4) is 0 Å². The third-order valence-electron chi connectivity index (χ3n) is 7.63. The first-order chi connectivity index (χ1) is 15.8. The standard InChI is InChI=1S/C31H49BSi3/c1-20-16-22(3)26(23(4)17-20)32(27-24(5)18-21(2)19-25(27)6)28-29(33(7,8)9)31(35(13,14)15)30(28)34(10,11)12/h16-19H,1-15H3. The maximum absolute atomic E-state index is 2.59. The highest BCUT2D eigenvalue weighted by atomic mass is 28.3. The first-order valence-electron chi connectivity index (χ1n) is 13.4. The molecule has 0 fully saturated rings. The van der Waals surface area contributed by atoms with Gasteiger partial charge in [-0.05, 0) is 41.5 Å². The molecule has 2 aromatic rings. The van der Waals surface area contributed by atoms with E-state index in [0.29, 0.717) is 6.71 Å². The number of hydrogen-bond donors (Lipinski definition) is 0. The average Bonchev–Trinajstić information content (AvgIpc) is 2.54. The topological polar surface area (TPSA) is 0 Å². The van der Waals surface area contributed by atoms with Gasteiger partial charge >= 0.3 is 0 Å². The Labute approximate surface area is 220 Å². The summed E-state index contributed by atoms with van der Waals surface area (Å²) in [5, 5.41) is 5.48. The molecule has 0 amide bonds. The molecule has 0 bridgehead atoms. The molecule has 188 valence electrons. The zero-order chi connectivity index (χ0) is 26.8. The second-order valence-corrected chi connectivity index (χ2v) is 29.3. The smallest absolute Gasteiger partial charge is 0.0703 e.